The highest BCUT2D eigenvalue weighted by Gasteiger charge is 2.51. The summed E-state index contributed by atoms with van der Waals surface area (Å²) in [5.74, 6) is 6.09. The third-order valence-corrected chi connectivity index (χ3v) is 10.1. The van der Waals surface area contributed by atoms with Crippen molar-refractivity contribution in [1.82, 2.24) is 0 Å². The summed E-state index contributed by atoms with van der Waals surface area (Å²) in [6.07, 6.45) is 15.3. The fraction of sp³-hybridized carbons (Fsp3) is 0.963. The predicted molar refractivity (Wildman–Crippen MR) is 122 cm³/mol. The molecule has 168 valence electrons. The van der Waals surface area contributed by atoms with E-state index in [-0.39, 0.29) is 0 Å². The summed E-state index contributed by atoms with van der Waals surface area (Å²) in [6.45, 7) is 12.5. The van der Waals surface area contributed by atoms with Crippen LogP contribution in [0.25, 0.3) is 0 Å². The number of rotatable bonds is 7. The first-order valence-electron chi connectivity index (χ1n) is 12.9. The number of hydrogen-bond donors (Lipinski definition) is 1. The van der Waals surface area contributed by atoms with E-state index in [9.17, 15) is 4.79 Å². The van der Waals surface area contributed by atoms with Crippen molar-refractivity contribution in [3.8, 4) is 0 Å². The highest BCUT2D eigenvalue weighted by molar-refractivity contribution is 5.66. The molecule has 0 aromatic carbocycles. The number of aliphatic carboxylic acids is 1. The molecule has 3 rings (SSSR count). The van der Waals surface area contributed by atoms with Crippen LogP contribution < -0.4 is 0 Å². The van der Waals surface area contributed by atoms with Crippen molar-refractivity contribution in [1.29, 1.82) is 0 Å². The average molecular weight is 405 g/mol. The topological polar surface area (TPSA) is 37.3 Å². The molecule has 9 atom stereocenters. The molecule has 0 saturated heterocycles. The van der Waals surface area contributed by atoms with Gasteiger partial charge in [0.2, 0.25) is 0 Å². The molecule has 3 aliphatic carbocycles. The van der Waals surface area contributed by atoms with E-state index >= 15 is 0 Å². The molecule has 9 unspecified atom stereocenters. The molecule has 3 saturated carbocycles. The molecule has 0 radical (unpaired) electrons. The lowest BCUT2D eigenvalue weighted by molar-refractivity contribution is -0.138. The number of carbonyl (C=O) groups is 1. The van der Waals surface area contributed by atoms with Gasteiger partial charge in [-0.05, 0) is 104 Å². The summed E-state index contributed by atoms with van der Waals surface area (Å²) in [5, 5.41) is 9.17. The largest absolute Gasteiger partial charge is 0.481 e. The lowest BCUT2D eigenvalue weighted by Crippen LogP contribution is -2.49. The monoisotopic (exact) mass is 404 g/mol. The molecule has 2 nitrogen and oxygen atoms in total. The quantitative estimate of drug-likeness (QED) is 0.470. The lowest BCUT2D eigenvalue weighted by Gasteiger charge is -2.57. The van der Waals surface area contributed by atoms with Crippen LogP contribution in [0.1, 0.15) is 112 Å². The predicted octanol–water partition coefficient (Wildman–Crippen LogP) is 7.81. The minimum Gasteiger partial charge on any atom is -0.481 e. The number of carboxylic acids is 1. The normalized spacial score (nSPS) is 44.1. The van der Waals surface area contributed by atoms with E-state index in [4.69, 9.17) is 5.11 Å². The SMILES string of the molecule is CC1CCC(C)C(CCC2C(C)CCC3(C)C(C(C)CCC(=O)O)CCCC23)C1. The van der Waals surface area contributed by atoms with Crippen LogP contribution >= 0.6 is 0 Å². The van der Waals surface area contributed by atoms with Crippen molar-refractivity contribution in [2.24, 2.45) is 52.8 Å². The number of hydrogen-bond acceptors (Lipinski definition) is 1. The summed E-state index contributed by atoms with van der Waals surface area (Å²) < 4.78 is 0. The molecule has 0 spiro atoms. The van der Waals surface area contributed by atoms with Gasteiger partial charge in [0.15, 0.2) is 0 Å². The Morgan fingerprint density at radius 2 is 1.79 bits per heavy atom. The number of carboxylic acid groups (broad SMARTS) is 1. The Morgan fingerprint density at radius 3 is 2.52 bits per heavy atom. The van der Waals surface area contributed by atoms with Gasteiger partial charge < -0.3 is 5.11 Å². The van der Waals surface area contributed by atoms with E-state index in [0.29, 0.717) is 17.8 Å². The summed E-state index contributed by atoms with van der Waals surface area (Å²) >= 11 is 0. The molecule has 1 N–H and O–H groups in total. The maximum atomic E-state index is 11.1. The standard InChI is InChI=1S/C27H48O2/c1-18-9-10-19(2)22(17-18)12-13-23-20(3)15-16-27(5)24(7-6-8-25(23)27)21(4)11-14-26(28)29/h18-25H,6-17H2,1-5H3,(H,28,29). The summed E-state index contributed by atoms with van der Waals surface area (Å²) in [7, 11) is 0. The molecule has 0 aliphatic heterocycles. The van der Waals surface area contributed by atoms with Crippen LogP contribution in [0.5, 0.6) is 0 Å². The van der Waals surface area contributed by atoms with Gasteiger partial charge in [-0.1, -0.05) is 53.9 Å². The highest BCUT2D eigenvalue weighted by Crippen LogP contribution is 2.60. The van der Waals surface area contributed by atoms with Gasteiger partial charge in [-0.25, -0.2) is 0 Å². The first-order chi connectivity index (χ1) is 13.7. The van der Waals surface area contributed by atoms with Gasteiger partial charge in [-0.3, -0.25) is 4.79 Å². The molecular formula is C27H48O2. The first-order valence-corrected chi connectivity index (χ1v) is 12.9. The van der Waals surface area contributed by atoms with Gasteiger partial charge in [0.25, 0.3) is 0 Å². The second-order valence-electron chi connectivity index (χ2n) is 12.0. The van der Waals surface area contributed by atoms with Crippen molar-refractivity contribution in [3.63, 3.8) is 0 Å². The zero-order chi connectivity index (χ0) is 21.2. The third kappa shape index (κ3) is 5.21. The second-order valence-corrected chi connectivity index (χ2v) is 12.0. The van der Waals surface area contributed by atoms with E-state index in [1.807, 2.05) is 0 Å². The summed E-state index contributed by atoms with van der Waals surface area (Å²) in [5.41, 5.74) is 0.443. The van der Waals surface area contributed by atoms with Gasteiger partial charge in [0, 0.05) is 6.42 Å². The maximum Gasteiger partial charge on any atom is 0.303 e. The molecular weight excluding hydrogens is 356 g/mol. The maximum absolute atomic E-state index is 11.1. The minimum absolute atomic E-state index is 0.343. The molecule has 0 aromatic rings. The molecule has 3 aliphatic rings. The van der Waals surface area contributed by atoms with Gasteiger partial charge >= 0.3 is 5.97 Å². The molecule has 0 amide bonds. The molecule has 2 heteroatoms. The van der Waals surface area contributed by atoms with E-state index in [2.05, 4.69) is 34.6 Å². The van der Waals surface area contributed by atoms with Crippen molar-refractivity contribution >= 4 is 5.97 Å². The Kier molecular flexibility index (Phi) is 7.77. The van der Waals surface area contributed by atoms with Crippen molar-refractivity contribution in [2.75, 3.05) is 0 Å². The Balaban J connectivity index is 1.68. The van der Waals surface area contributed by atoms with Crippen LogP contribution in [0.3, 0.4) is 0 Å². The molecule has 3 fully saturated rings. The summed E-state index contributed by atoms with van der Waals surface area (Å²) in [4.78, 5) is 11.1. The molecule has 29 heavy (non-hydrogen) atoms. The third-order valence-electron chi connectivity index (χ3n) is 10.1. The average Bonchev–Trinajstić information content (AvgIpc) is 2.67. The van der Waals surface area contributed by atoms with E-state index in [0.717, 1.165) is 47.8 Å². The van der Waals surface area contributed by atoms with Crippen LogP contribution in [0.4, 0.5) is 0 Å². The smallest absolute Gasteiger partial charge is 0.303 e. The van der Waals surface area contributed by atoms with Gasteiger partial charge in [0.1, 0.15) is 0 Å². The molecule has 0 bridgehead atoms. The Bertz CT molecular complexity index is 543. The zero-order valence-electron chi connectivity index (χ0n) is 20.0. The number of fused-ring (bicyclic) bond motifs is 1. The summed E-state index contributed by atoms with van der Waals surface area (Å²) in [6, 6.07) is 0. The zero-order valence-corrected chi connectivity index (χ0v) is 20.0. The fourth-order valence-corrected chi connectivity index (χ4v) is 8.15. The highest BCUT2D eigenvalue weighted by atomic mass is 16.4. The van der Waals surface area contributed by atoms with Crippen LogP contribution in [-0.2, 0) is 4.79 Å². The van der Waals surface area contributed by atoms with Crippen LogP contribution in [0.15, 0.2) is 0 Å². The van der Waals surface area contributed by atoms with Gasteiger partial charge in [-0.15, -0.1) is 0 Å². The van der Waals surface area contributed by atoms with Crippen LogP contribution in [0.2, 0.25) is 0 Å². The van der Waals surface area contributed by atoms with Crippen molar-refractivity contribution in [2.45, 2.75) is 112 Å². The van der Waals surface area contributed by atoms with E-state index in [1.54, 1.807) is 0 Å². The Hall–Kier alpha value is -0.530. The Labute approximate surface area is 180 Å². The van der Waals surface area contributed by atoms with Crippen molar-refractivity contribution in [3.05, 3.63) is 0 Å². The van der Waals surface area contributed by atoms with Crippen molar-refractivity contribution < 1.29 is 9.90 Å². The fourth-order valence-electron chi connectivity index (χ4n) is 8.15. The van der Waals surface area contributed by atoms with Crippen LogP contribution in [-0.4, -0.2) is 11.1 Å². The van der Waals surface area contributed by atoms with E-state index < -0.39 is 5.97 Å². The Morgan fingerprint density at radius 1 is 1.03 bits per heavy atom. The minimum atomic E-state index is -0.625. The second kappa shape index (κ2) is 9.73. The van der Waals surface area contributed by atoms with Gasteiger partial charge in [-0.2, -0.15) is 0 Å². The van der Waals surface area contributed by atoms with E-state index in [1.165, 1.54) is 64.2 Å². The molecule has 0 heterocycles. The first kappa shape index (κ1) is 23.1. The van der Waals surface area contributed by atoms with Crippen LogP contribution in [0, 0.1) is 52.8 Å². The molecule has 0 aromatic heterocycles. The lowest BCUT2D eigenvalue weighted by atomic mass is 9.48. The van der Waals surface area contributed by atoms with Gasteiger partial charge in [0.05, 0.1) is 0 Å².